The zero-order chi connectivity index (χ0) is 23.1. The van der Waals surface area contributed by atoms with Crippen LogP contribution in [0.3, 0.4) is 0 Å². The molecule has 31 heavy (non-hydrogen) atoms. The summed E-state index contributed by atoms with van der Waals surface area (Å²) in [6.07, 6.45) is 5.18. The lowest BCUT2D eigenvalue weighted by molar-refractivity contribution is 0.104. The van der Waals surface area contributed by atoms with Crippen LogP contribution in [0.25, 0.3) is 6.08 Å². The number of rotatable bonds is 9. The summed E-state index contributed by atoms with van der Waals surface area (Å²) in [5.74, 6) is 1.20. The van der Waals surface area contributed by atoms with Crippen LogP contribution in [-0.4, -0.2) is 24.6 Å². The van der Waals surface area contributed by atoms with E-state index in [9.17, 15) is 9.90 Å². The van der Waals surface area contributed by atoms with Gasteiger partial charge in [0.25, 0.3) is 0 Å². The van der Waals surface area contributed by atoms with Gasteiger partial charge in [0, 0.05) is 28.7 Å². The second-order valence-electron chi connectivity index (χ2n) is 7.66. The number of hydrogen-bond donors (Lipinski definition) is 1. The summed E-state index contributed by atoms with van der Waals surface area (Å²) in [6.45, 7) is 12.6. The Bertz CT molecular complexity index is 1030. The van der Waals surface area contributed by atoms with E-state index in [-0.39, 0.29) is 17.5 Å². The third-order valence-electron chi connectivity index (χ3n) is 4.94. The van der Waals surface area contributed by atoms with E-state index >= 15 is 0 Å². The lowest BCUT2D eigenvalue weighted by Crippen LogP contribution is -2.05. The van der Waals surface area contributed by atoms with E-state index in [4.69, 9.17) is 9.47 Å². The molecule has 1 N–H and O–H groups in total. The Balaban J connectivity index is 2.35. The van der Waals surface area contributed by atoms with E-state index < -0.39 is 0 Å². The minimum Gasteiger partial charge on any atom is -0.507 e. The molecule has 2 rings (SSSR count). The van der Waals surface area contributed by atoms with Gasteiger partial charge in [0.05, 0.1) is 11.6 Å². The first-order valence-corrected chi connectivity index (χ1v) is 10.8. The Morgan fingerprint density at radius 2 is 1.90 bits per heavy atom. The number of carbonyl (C=O) groups excluding carboxylic acids is 1. The van der Waals surface area contributed by atoms with Gasteiger partial charge in [0.1, 0.15) is 23.9 Å². The van der Waals surface area contributed by atoms with Gasteiger partial charge in [-0.3, -0.25) is 4.79 Å². The van der Waals surface area contributed by atoms with E-state index in [1.165, 1.54) is 24.8 Å². The van der Waals surface area contributed by atoms with Crippen LogP contribution in [0.5, 0.6) is 17.2 Å². The number of phenols is 1. The van der Waals surface area contributed by atoms with E-state index in [1.54, 1.807) is 18.2 Å². The van der Waals surface area contributed by atoms with Crippen LogP contribution in [0.15, 0.2) is 64.7 Å². The van der Waals surface area contributed by atoms with Gasteiger partial charge in [-0.1, -0.05) is 24.6 Å². The monoisotopic (exact) mass is 484 g/mol. The van der Waals surface area contributed by atoms with Crippen molar-refractivity contribution in [3.63, 3.8) is 0 Å². The molecule has 164 valence electrons. The minimum absolute atomic E-state index is 0.0478. The van der Waals surface area contributed by atoms with Crippen LogP contribution in [0.4, 0.5) is 0 Å². The van der Waals surface area contributed by atoms with Crippen LogP contribution in [0.2, 0.25) is 0 Å². The molecule has 5 heteroatoms. The minimum atomic E-state index is -0.141. The highest BCUT2D eigenvalue weighted by molar-refractivity contribution is 9.10. The summed E-state index contributed by atoms with van der Waals surface area (Å²) in [7, 11) is 1.51. The van der Waals surface area contributed by atoms with Crippen molar-refractivity contribution in [1.29, 1.82) is 0 Å². The molecule has 0 aliphatic heterocycles. The van der Waals surface area contributed by atoms with E-state index in [2.05, 4.69) is 22.5 Å². The fraction of sp³-hybridized carbons (Fsp3) is 0.269. The maximum atomic E-state index is 12.9. The van der Waals surface area contributed by atoms with Crippen LogP contribution in [-0.2, 0) is 0 Å². The summed E-state index contributed by atoms with van der Waals surface area (Å²) in [4.78, 5) is 12.9. The Hall–Kier alpha value is -2.79. The van der Waals surface area contributed by atoms with Gasteiger partial charge in [0.15, 0.2) is 5.78 Å². The van der Waals surface area contributed by atoms with E-state index in [1.807, 2.05) is 45.9 Å². The van der Waals surface area contributed by atoms with Crippen LogP contribution < -0.4 is 9.47 Å². The van der Waals surface area contributed by atoms with Crippen LogP contribution in [0.1, 0.15) is 55.1 Å². The molecule has 0 spiro atoms. The number of phenolic OH excluding ortho intramolecular Hbond substituents is 1. The Morgan fingerprint density at radius 1 is 1.19 bits per heavy atom. The molecule has 0 radical (unpaired) electrons. The van der Waals surface area contributed by atoms with Crippen molar-refractivity contribution in [3.8, 4) is 17.2 Å². The maximum absolute atomic E-state index is 12.9. The summed E-state index contributed by atoms with van der Waals surface area (Å²) >= 11 is 3.29. The third kappa shape index (κ3) is 6.59. The average molecular weight is 485 g/mol. The lowest BCUT2D eigenvalue weighted by Gasteiger charge is -2.18. The van der Waals surface area contributed by atoms with Gasteiger partial charge in [-0.15, -0.1) is 0 Å². The number of allylic oxidation sites excluding steroid dienone is 3. The van der Waals surface area contributed by atoms with Crippen LogP contribution >= 0.6 is 15.9 Å². The highest BCUT2D eigenvalue weighted by atomic mass is 79.9. The van der Waals surface area contributed by atoms with Crippen molar-refractivity contribution >= 4 is 27.8 Å². The number of benzene rings is 2. The second kappa shape index (κ2) is 11.0. The Labute approximate surface area is 193 Å². The van der Waals surface area contributed by atoms with Gasteiger partial charge >= 0.3 is 0 Å². The molecule has 0 aliphatic carbocycles. The molecular formula is C26H29BrO4. The molecule has 0 fully saturated rings. The third-order valence-corrected chi connectivity index (χ3v) is 5.58. The summed E-state index contributed by atoms with van der Waals surface area (Å²) in [5, 5.41) is 9.82. The molecule has 2 aromatic rings. The van der Waals surface area contributed by atoms with Crippen molar-refractivity contribution in [2.75, 3.05) is 13.7 Å². The Kier molecular flexibility index (Phi) is 8.69. The molecule has 0 heterocycles. The molecule has 4 nitrogen and oxygen atoms in total. The van der Waals surface area contributed by atoms with Gasteiger partial charge in [-0.05, 0) is 79.2 Å². The van der Waals surface area contributed by atoms with Crippen molar-refractivity contribution in [1.82, 2.24) is 0 Å². The predicted octanol–water partition coefficient (Wildman–Crippen LogP) is 7.08. The number of carbonyl (C=O) groups is 1. The molecule has 0 aliphatic rings. The first kappa shape index (κ1) is 24.5. The topological polar surface area (TPSA) is 55.8 Å². The SMILES string of the molecule is C=C(C)C(C)c1cc(C(=O)/C=C/c2cc(Br)c(O)cc2OC)ccc1OCC=C(C)C. The van der Waals surface area contributed by atoms with Crippen molar-refractivity contribution in [2.45, 2.75) is 33.6 Å². The van der Waals surface area contributed by atoms with Gasteiger partial charge in [0.2, 0.25) is 0 Å². The molecule has 0 saturated carbocycles. The highest BCUT2D eigenvalue weighted by Gasteiger charge is 2.16. The Morgan fingerprint density at radius 3 is 2.52 bits per heavy atom. The van der Waals surface area contributed by atoms with Gasteiger partial charge in [-0.25, -0.2) is 0 Å². The maximum Gasteiger partial charge on any atom is 0.185 e. The summed E-state index contributed by atoms with van der Waals surface area (Å²) in [5.41, 5.74) is 4.34. The number of ether oxygens (including phenoxy) is 2. The predicted molar refractivity (Wildman–Crippen MR) is 130 cm³/mol. The second-order valence-corrected chi connectivity index (χ2v) is 8.51. The molecular weight excluding hydrogens is 456 g/mol. The normalized spacial score (nSPS) is 11.8. The zero-order valence-corrected chi connectivity index (χ0v) is 20.2. The zero-order valence-electron chi connectivity index (χ0n) is 18.7. The molecule has 2 aromatic carbocycles. The molecule has 0 saturated heterocycles. The highest BCUT2D eigenvalue weighted by Crippen LogP contribution is 2.34. The summed E-state index contributed by atoms with van der Waals surface area (Å²) < 4.78 is 11.8. The average Bonchev–Trinajstić information content (AvgIpc) is 2.73. The first-order chi connectivity index (χ1) is 14.6. The fourth-order valence-electron chi connectivity index (χ4n) is 2.86. The van der Waals surface area contributed by atoms with Crippen molar-refractivity contribution in [2.24, 2.45) is 0 Å². The number of hydrogen-bond acceptors (Lipinski definition) is 4. The van der Waals surface area contributed by atoms with E-state index in [0.29, 0.717) is 28.0 Å². The fourth-order valence-corrected chi connectivity index (χ4v) is 3.22. The summed E-state index contributed by atoms with van der Waals surface area (Å²) in [6, 6.07) is 8.68. The smallest absolute Gasteiger partial charge is 0.185 e. The van der Waals surface area contributed by atoms with Crippen LogP contribution in [0, 0.1) is 0 Å². The van der Waals surface area contributed by atoms with Crippen molar-refractivity contribution in [3.05, 3.63) is 81.4 Å². The molecule has 0 aromatic heterocycles. The van der Waals surface area contributed by atoms with Crippen molar-refractivity contribution < 1.29 is 19.4 Å². The molecule has 0 bridgehead atoms. The lowest BCUT2D eigenvalue weighted by atomic mass is 9.92. The number of aromatic hydroxyl groups is 1. The van der Waals surface area contributed by atoms with Gasteiger partial charge < -0.3 is 14.6 Å². The quantitative estimate of drug-likeness (QED) is 0.234. The number of ketones is 1. The largest absolute Gasteiger partial charge is 0.507 e. The molecule has 0 amide bonds. The van der Waals surface area contributed by atoms with E-state index in [0.717, 1.165) is 16.9 Å². The number of halogens is 1. The molecule has 1 unspecified atom stereocenters. The standard InChI is InChI=1S/C26H29BrO4/c1-16(2)11-12-31-25-10-8-19(13-21(25)18(5)17(3)4)23(28)9-7-20-14-22(27)24(29)15-26(20)30-6/h7-11,13-15,18,29H,3,12H2,1-2,4-6H3/b9-7+. The van der Waals surface area contributed by atoms with Gasteiger partial charge in [-0.2, -0.15) is 0 Å². The first-order valence-electron chi connectivity index (χ1n) is 9.98. The number of methoxy groups -OCH3 is 1. The molecule has 1 atom stereocenters.